The van der Waals surface area contributed by atoms with E-state index in [9.17, 15) is 15.0 Å². The Hall–Kier alpha value is -1.35. The van der Waals surface area contributed by atoms with E-state index in [1.54, 1.807) is 0 Å². The molecule has 1 unspecified atom stereocenters. The Balaban J connectivity index is 2.55. The van der Waals surface area contributed by atoms with Gasteiger partial charge in [0, 0.05) is 0 Å². The summed E-state index contributed by atoms with van der Waals surface area (Å²) in [6.07, 6.45) is 0.235. The summed E-state index contributed by atoms with van der Waals surface area (Å²) in [7, 11) is 0. The lowest BCUT2D eigenvalue weighted by Gasteiger charge is -2.24. The molecule has 3 heteroatoms. The summed E-state index contributed by atoms with van der Waals surface area (Å²) >= 11 is 0. The summed E-state index contributed by atoms with van der Waals surface area (Å²) in [5, 5.41) is 19.8. The van der Waals surface area contributed by atoms with Crippen molar-refractivity contribution in [1.82, 2.24) is 0 Å². The van der Waals surface area contributed by atoms with Gasteiger partial charge in [-0.25, -0.2) is 0 Å². The topological polar surface area (TPSA) is 57.5 Å². The van der Waals surface area contributed by atoms with Crippen LogP contribution in [-0.4, -0.2) is 16.2 Å². The largest absolute Gasteiger partial charge is 0.481 e. The van der Waals surface area contributed by atoms with Crippen molar-refractivity contribution in [3.63, 3.8) is 0 Å². The molecule has 0 saturated heterocycles. The predicted molar refractivity (Wildman–Crippen MR) is 69.7 cm³/mol. The lowest BCUT2D eigenvalue weighted by Crippen LogP contribution is -2.25. The van der Waals surface area contributed by atoms with Gasteiger partial charge in [-0.1, -0.05) is 6.07 Å². The van der Waals surface area contributed by atoms with Gasteiger partial charge in [-0.3, -0.25) is 4.79 Å². The quantitative estimate of drug-likeness (QED) is 0.864. The van der Waals surface area contributed by atoms with Crippen LogP contribution >= 0.6 is 0 Å². The molecule has 0 spiro atoms. The van der Waals surface area contributed by atoms with E-state index in [2.05, 4.69) is 6.07 Å². The van der Waals surface area contributed by atoms with Crippen LogP contribution in [0.15, 0.2) is 6.07 Å². The van der Waals surface area contributed by atoms with Crippen LogP contribution in [0, 0.1) is 33.1 Å². The summed E-state index contributed by atoms with van der Waals surface area (Å²) < 4.78 is 0. The van der Waals surface area contributed by atoms with E-state index in [0.29, 0.717) is 12.8 Å². The number of aliphatic hydroxyl groups excluding tert-OH is 1. The third-order valence-electron chi connectivity index (χ3n) is 4.44. The van der Waals surface area contributed by atoms with Crippen molar-refractivity contribution in [2.24, 2.45) is 5.41 Å². The second-order valence-electron chi connectivity index (χ2n) is 5.54. The van der Waals surface area contributed by atoms with Gasteiger partial charge in [0.15, 0.2) is 0 Å². The van der Waals surface area contributed by atoms with E-state index in [1.165, 1.54) is 0 Å². The molecule has 0 heterocycles. The van der Waals surface area contributed by atoms with Crippen molar-refractivity contribution >= 4 is 5.97 Å². The van der Waals surface area contributed by atoms with Crippen LogP contribution in [0.2, 0.25) is 0 Å². The van der Waals surface area contributed by atoms with Gasteiger partial charge in [0.1, 0.15) is 0 Å². The Kier molecular flexibility index (Phi) is 2.98. The number of rotatable bonds is 3. The van der Waals surface area contributed by atoms with Crippen LogP contribution < -0.4 is 0 Å². The third kappa shape index (κ3) is 1.74. The first-order valence-corrected chi connectivity index (χ1v) is 6.30. The maximum absolute atomic E-state index is 11.3. The number of aryl methyl sites for hydroxylation is 2. The molecule has 0 aliphatic heterocycles. The Bertz CT molecular complexity index is 487. The zero-order valence-corrected chi connectivity index (χ0v) is 11.4. The van der Waals surface area contributed by atoms with Gasteiger partial charge >= 0.3 is 5.97 Å². The molecule has 98 valence electrons. The number of hydrogen-bond donors (Lipinski definition) is 2. The van der Waals surface area contributed by atoms with Gasteiger partial charge in [0.2, 0.25) is 0 Å². The highest BCUT2D eigenvalue weighted by Gasteiger charge is 2.57. The molecule has 2 rings (SSSR count). The molecule has 1 saturated carbocycles. The Labute approximate surface area is 107 Å². The summed E-state index contributed by atoms with van der Waals surface area (Å²) in [5.41, 5.74) is 4.10. The zero-order valence-electron chi connectivity index (χ0n) is 11.4. The summed E-state index contributed by atoms with van der Waals surface area (Å²) in [6, 6.07) is 2.08. The number of hydrogen-bond acceptors (Lipinski definition) is 2. The minimum atomic E-state index is -0.949. The average molecular weight is 248 g/mol. The number of carboxylic acids is 1. The minimum Gasteiger partial charge on any atom is -0.481 e. The van der Waals surface area contributed by atoms with Crippen molar-refractivity contribution in [2.75, 3.05) is 0 Å². The first kappa shape index (κ1) is 13.1. The number of aliphatic hydroxyl groups is 1. The van der Waals surface area contributed by atoms with Gasteiger partial charge in [-0.2, -0.15) is 0 Å². The number of benzene rings is 1. The SMILES string of the molecule is Cc1cc(C)c(C)c(C(O)C2(C(=O)O)CC2)c1C. The van der Waals surface area contributed by atoms with Crippen LogP contribution in [0.3, 0.4) is 0 Å². The van der Waals surface area contributed by atoms with Crippen LogP contribution in [0.1, 0.15) is 46.8 Å². The summed E-state index contributed by atoms with van der Waals surface area (Å²) in [6.45, 7) is 7.91. The molecule has 1 aliphatic carbocycles. The molecule has 1 atom stereocenters. The molecule has 0 aromatic heterocycles. The number of aliphatic carboxylic acids is 1. The van der Waals surface area contributed by atoms with E-state index >= 15 is 0 Å². The Morgan fingerprint density at radius 2 is 1.61 bits per heavy atom. The maximum Gasteiger partial charge on any atom is 0.312 e. The van der Waals surface area contributed by atoms with E-state index in [-0.39, 0.29) is 0 Å². The summed E-state index contributed by atoms with van der Waals surface area (Å²) in [4.78, 5) is 11.3. The van der Waals surface area contributed by atoms with Crippen LogP contribution in [0.25, 0.3) is 0 Å². The molecule has 1 fully saturated rings. The fraction of sp³-hybridized carbons (Fsp3) is 0.533. The van der Waals surface area contributed by atoms with Crippen molar-refractivity contribution in [3.05, 3.63) is 33.9 Å². The molecule has 0 radical (unpaired) electrons. The molecule has 3 nitrogen and oxygen atoms in total. The molecule has 1 aliphatic rings. The highest BCUT2D eigenvalue weighted by atomic mass is 16.4. The molecule has 2 N–H and O–H groups in total. The predicted octanol–water partition coefficient (Wildman–Crippen LogP) is 2.82. The zero-order chi connectivity index (χ0) is 13.7. The number of carboxylic acid groups (broad SMARTS) is 1. The van der Waals surface area contributed by atoms with Gasteiger partial charge in [-0.05, 0) is 68.4 Å². The highest BCUT2D eigenvalue weighted by Crippen LogP contribution is 2.56. The third-order valence-corrected chi connectivity index (χ3v) is 4.44. The summed E-state index contributed by atoms with van der Waals surface area (Å²) in [5.74, 6) is -0.882. The fourth-order valence-corrected chi connectivity index (χ4v) is 2.67. The minimum absolute atomic E-state index is 0.565. The second-order valence-corrected chi connectivity index (χ2v) is 5.54. The first-order valence-electron chi connectivity index (χ1n) is 6.30. The Morgan fingerprint density at radius 3 is 1.94 bits per heavy atom. The van der Waals surface area contributed by atoms with Crippen LogP contribution in [-0.2, 0) is 4.79 Å². The molecular weight excluding hydrogens is 228 g/mol. The van der Waals surface area contributed by atoms with Crippen molar-refractivity contribution < 1.29 is 15.0 Å². The molecule has 0 bridgehead atoms. The van der Waals surface area contributed by atoms with Crippen molar-refractivity contribution in [3.8, 4) is 0 Å². The van der Waals surface area contributed by atoms with Crippen molar-refractivity contribution in [1.29, 1.82) is 0 Å². The van der Waals surface area contributed by atoms with E-state index < -0.39 is 17.5 Å². The smallest absolute Gasteiger partial charge is 0.312 e. The highest BCUT2D eigenvalue weighted by molar-refractivity contribution is 5.79. The molecule has 1 aromatic rings. The average Bonchev–Trinajstić information content (AvgIpc) is 3.07. The fourth-order valence-electron chi connectivity index (χ4n) is 2.67. The lowest BCUT2D eigenvalue weighted by atomic mass is 9.84. The van der Waals surface area contributed by atoms with Crippen molar-refractivity contribution in [2.45, 2.75) is 46.6 Å². The maximum atomic E-state index is 11.3. The molecular formula is C15H20O3. The van der Waals surface area contributed by atoms with Crippen LogP contribution in [0.5, 0.6) is 0 Å². The van der Waals surface area contributed by atoms with Gasteiger partial charge in [0.25, 0.3) is 0 Å². The van der Waals surface area contributed by atoms with E-state index in [1.807, 2.05) is 27.7 Å². The molecule has 18 heavy (non-hydrogen) atoms. The normalized spacial score (nSPS) is 18.5. The molecule has 0 amide bonds. The van der Waals surface area contributed by atoms with Gasteiger partial charge < -0.3 is 10.2 Å². The van der Waals surface area contributed by atoms with E-state index in [4.69, 9.17) is 0 Å². The standard InChI is InChI=1S/C15H20O3/c1-8-7-9(2)11(4)12(10(8)3)13(16)15(5-6-15)14(17)18/h7,13,16H,5-6H2,1-4H3,(H,17,18). The second kappa shape index (κ2) is 4.09. The monoisotopic (exact) mass is 248 g/mol. The van der Waals surface area contributed by atoms with Crippen LogP contribution in [0.4, 0.5) is 0 Å². The lowest BCUT2D eigenvalue weighted by molar-refractivity contribution is -0.148. The van der Waals surface area contributed by atoms with E-state index in [0.717, 1.165) is 27.8 Å². The molecule has 1 aromatic carbocycles. The van der Waals surface area contributed by atoms with Gasteiger partial charge in [0.05, 0.1) is 11.5 Å². The Morgan fingerprint density at radius 1 is 1.17 bits per heavy atom. The number of carbonyl (C=O) groups is 1. The van der Waals surface area contributed by atoms with Gasteiger partial charge in [-0.15, -0.1) is 0 Å². The first-order chi connectivity index (χ1) is 8.31.